The van der Waals surface area contributed by atoms with Crippen molar-refractivity contribution in [3.8, 4) is 5.75 Å². The molecule has 2 heterocycles. The Morgan fingerprint density at radius 2 is 1.75 bits per heavy atom. The molecule has 1 amide bonds. The van der Waals surface area contributed by atoms with Crippen LogP contribution in [0.5, 0.6) is 5.75 Å². The zero-order valence-corrected chi connectivity index (χ0v) is 28.4. The summed E-state index contributed by atoms with van der Waals surface area (Å²) in [6.07, 6.45) is 0.787. The Hall–Kier alpha value is -3.34. The maximum atomic E-state index is 17.8. The number of carboxylic acids is 1. The monoisotopic (exact) mass is 675 g/mol. The van der Waals surface area contributed by atoms with Gasteiger partial charge in [0.2, 0.25) is 5.67 Å². The first-order valence-electron chi connectivity index (χ1n) is 17.3. The van der Waals surface area contributed by atoms with Crippen LogP contribution in [-0.4, -0.2) is 84.9 Å². The number of nitrogens with zero attached hydrogens (tertiary/aromatic N) is 3. The Morgan fingerprint density at radius 3 is 2.35 bits per heavy atom. The number of halogens is 4. The lowest BCUT2D eigenvalue weighted by atomic mass is 9.85. The van der Waals surface area contributed by atoms with E-state index in [4.69, 9.17) is 9.84 Å². The van der Waals surface area contributed by atoms with Gasteiger partial charge >= 0.3 is 12.1 Å². The highest BCUT2D eigenvalue weighted by atomic mass is 19.4. The van der Waals surface area contributed by atoms with Gasteiger partial charge in [0, 0.05) is 69.3 Å². The van der Waals surface area contributed by atoms with Crippen molar-refractivity contribution in [2.75, 3.05) is 45.2 Å². The van der Waals surface area contributed by atoms with Gasteiger partial charge in [0.25, 0.3) is 5.91 Å². The number of carbonyl (C=O) groups is 2. The molecule has 48 heavy (non-hydrogen) atoms. The maximum Gasteiger partial charge on any atom is 0.416 e. The lowest BCUT2D eigenvalue weighted by Crippen LogP contribution is -2.52. The zero-order valence-electron chi connectivity index (χ0n) is 28.4. The van der Waals surface area contributed by atoms with Gasteiger partial charge in [-0.05, 0) is 86.3 Å². The highest BCUT2D eigenvalue weighted by Gasteiger charge is 2.57. The molecule has 0 radical (unpaired) electrons. The van der Waals surface area contributed by atoms with Crippen molar-refractivity contribution in [1.29, 1.82) is 0 Å². The Labute approximate surface area is 281 Å². The topological polar surface area (TPSA) is 73.3 Å². The molecule has 4 atom stereocenters. The van der Waals surface area contributed by atoms with E-state index in [0.29, 0.717) is 42.3 Å². The molecule has 7 nitrogen and oxygen atoms in total. The molecule has 2 aromatic rings. The highest BCUT2D eigenvalue weighted by molar-refractivity contribution is 5.88. The standard InChI is InChI=1S/C37H49F4N3O4/c1-5-28-19-26(31-17-12-27(37(39,40)41)20-33(31)42(3)18-6-7-34(45)46)21-44(28)35(47)36(38)23-43(29-13-8-24(2)9-14-29)22-32(36)25-10-15-30(48-4)16-11-25/h10-12,15-17,20,24,26,28-29,32H,5-9,13-14,18-19,21-23H2,1-4H3,(H,45,46)/t24?,26-,28-,29?,32+,36+/m1/s1. The second-order valence-electron chi connectivity index (χ2n) is 14.2. The summed E-state index contributed by atoms with van der Waals surface area (Å²) in [6.45, 7) is 5.09. The number of aliphatic carboxylic acids is 1. The Kier molecular flexibility index (Phi) is 11.0. The molecule has 0 aromatic heterocycles. The number of hydrogen-bond acceptors (Lipinski definition) is 5. The predicted molar refractivity (Wildman–Crippen MR) is 177 cm³/mol. The van der Waals surface area contributed by atoms with Crippen LogP contribution in [-0.2, 0) is 15.8 Å². The second kappa shape index (κ2) is 14.6. The molecular formula is C37H49F4N3O4. The van der Waals surface area contributed by atoms with E-state index in [0.717, 1.165) is 43.4 Å². The third kappa shape index (κ3) is 7.61. The number of likely N-dealkylation sites (tertiary alicyclic amines) is 2. The molecule has 3 fully saturated rings. The molecule has 2 aliphatic heterocycles. The minimum Gasteiger partial charge on any atom is -0.497 e. The number of anilines is 1. The number of hydrogen-bond donors (Lipinski definition) is 1. The van der Waals surface area contributed by atoms with Crippen molar-refractivity contribution in [3.05, 3.63) is 59.2 Å². The van der Waals surface area contributed by atoms with E-state index >= 15 is 4.39 Å². The third-order valence-electron chi connectivity index (χ3n) is 11.0. The van der Waals surface area contributed by atoms with E-state index in [1.165, 1.54) is 6.07 Å². The normalized spacial score (nSPS) is 28.1. The maximum absolute atomic E-state index is 17.8. The van der Waals surface area contributed by atoms with Crippen LogP contribution in [0.4, 0.5) is 23.2 Å². The van der Waals surface area contributed by atoms with Gasteiger partial charge in [0.15, 0.2) is 0 Å². The number of amides is 1. The molecule has 0 unspecified atom stereocenters. The largest absolute Gasteiger partial charge is 0.497 e. The number of benzene rings is 2. The molecule has 3 aliphatic rings. The van der Waals surface area contributed by atoms with Crippen molar-refractivity contribution in [2.45, 2.75) is 101 Å². The van der Waals surface area contributed by atoms with E-state index in [1.54, 1.807) is 36.1 Å². The molecule has 2 aromatic carbocycles. The molecule has 5 rings (SSSR count). The summed E-state index contributed by atoms with van der Waals surface area (Å²) in [6, 6.07) is 10.9. The molecule has 11 heteroatoms. The summed E-state index contributed by atoms with van der Waals surface area (Å²) in [4.78, 5) is 31.2. The summed E-state index contributed by atoms with van der Waals surface area (Å²) in [5.41, 5.74) is -1.21. The fourth-order valence-electron chi connectivity index (χ4n) is 8.16. The number of rotatable bonds is 11. The molecule has 0 bridgehead atoms. The van der Waals surface area contributed by atoms with Crippen LogP contribution in [0, 0.1) is 5.92 Å². The SMILES string of the molecule is CC[C@@H]1C[C@@H](c2ccc(C(F)(F)F)cc2N(C)CCCC(=O)O)CN1C(=O)[C@]1(F)CN(C2CCC(C)CC2)C[C@H]1c1ccc(OC)cc1. The second-order valence-corrected chi connectivity index (χ2v) is 14.2. The number of alkyl halides is 4. The van der Waals surface area contributed by atoms with Gasteiger partial charge in [0.1, 0.15) is 5.75 Å². The van der Waals surface area contributed by atoms with Crippen LogP contribution in [0.2, 0.25) is 0 Å². The molecule has 2 saturated heterocycles. The fraction of sp³-hybridized carbons (Fsp3) is 0.622. The fourth-order valence-corrected chi connectivity index (χ4v) is 8.16. The van der Waals surface area contributed by atoms with Crippen molar-refractivity contribution in [2.24, 2.45) is 5.92 Å². The minimum absolute atomic E-state index is 0.0109. The van der Waals surface area contributed by atoms with Crippen molar-refractivity contribution in [3.63, 3.8) is 0 Å². The number of carbonyl (C=O) groups excluding carboxylic acids is 1. The van der Waals surface area contributed by atoms with Gasteiger partial charge < -0.3 is 19.6 Å². The predicted octanol–water partition coefficient (Wildman–Crippen LogP) is 7.50. The van der Waals surface area contributed by atoms with Crippen LogP contribution in [0.3, 0.4) is 0 Å². The van der Waals surface area contributed by atoms with Crippen molar-refractivity contribution in [1.82, 2.24) is 9.80 Å². The van der Waals surface area contributed by atoms with Gasteiger partial charge in [-0.25, -0.2) is 4.39 Å². The molecule has 1 saturated carbocycles. The highest BCUT2D eigenvalue weighted by Crippen LogP contribution is 2.47. The van der Waals surface area contributed by atoms with Crippen molar-refractivity contribution < 1.29 is 37.0 Å². The van der Waals surface area contributed by atoms with E-state index in [1.807, 2.05) is 19.1 Å². The number of carboxylic acid groups (broad SMARTS) is 1. The van der Waals surface area contributed by atoms with Gasteiger partial charge in [-0.3, -0.25) is 14.5 Å². The van der Waals surface area contributed by atoms with Crippen LogP contribution in [0.15, 0.2) is 42.5 Å². The van der Waals surface area contributed by atoms with E-state index in [9.17, 15) is 22.8 Å². The Bertz CT molecular complexity index is 1430. The first kappa shape index (κ1) is 36.0. The third-order valence-corrected chi connectivity index (χ3v) is 11.0. The van der Waals surface area contributed by atoms with Gasteiger partial charge in [0.05, 0.1) is 12.7 Å². The van der Waals surface area contributed by atoms with Gasteiger partial charge in [-0.15, -0.1) is 0 Å². The quantitative estimate of drug-likeness (QED) is 0.249. The average molecular weight is 676 g/mol. The molecule has 1 aliphatic carbocycles. The minimum atomic E-state index is -4.55. The number of methoxy groups -OCH3 is 1. The molecule has 1 N–H and O–H groups in total. The van der Waals surface area contributed by atoms with E-state index < -0.39 is 35.2 Å². The summed E-state index contributed by atoms with van der Waals surface area (Å²) in [5, 5.41) is 9.10. The van der Waals surface area contributed by atoms with Crippen LogP contribution >= 0.6 is 0 Å². The average Bonchev–Trinajstić information content (AvgIpc) is 3.66. The first-order chi connectivity index (χ1) is 22.7. The Morgan fingerprint density at radius 1 is 1.06 bits per heavy atom. The summed E-state index contributed by atoms with van der Waals surface area (Å²) in [7, 11) is 3.23. The zero-order chi connectivity index (χ0) is 34.8. The first-order valence-corrected chi connectivity index (χ1v) is 17.3. The van der Waals surface area contributed by atoms with E-state index in [2.05, 4.69) is 11.8 Å². The van der Waals surface area contributed by atoms with E-state index in [-0.39, 0.29) is 50.5 Å². The van der Waals surface area contributed by atoms with Crippen LogP contribution < -0.4 is 9.64 Å². The van der Waals surface area contributed by atoms with Gasteiger partial charge in [-0.2, -0.15) is 13.2 Å². The van der Waals surface area contributed by atoms with Gasteiger partial charge in [-0.1, -0.05) is 32.0 Å². The summed E-state index contributed by atoms with van der Waals surface area (Å²) >= 11 is 0. The molecule has 0 spiro atoms. The lowest BCUT2D eigenvalue weighted by Gasteiger charge is -2.35. The van der Waals surface area contributed by atoms with Crippen LogP contribution in [0.1, 0.15) is 93.7 Å². The number of ether oxygens (including phenoxy) is 1. The lowest BCUT2D eigenvalue weighted by molar-refractivity contribution is -0.145. The summed E-state index contributed by atoms with van der Waals surface area (Å²) < 4.78 is 64.5. The van der Waals surface area contributed by atoms with Crippen molar-refractivity contribution >= 4 is 17.6 Å². The summed E-state index contributed by atoms with van der Waals surface area (Å²) in [5.74, 6) is -1.21. The Balaban J connectivity index is 1.44. The molecular weight excluding hydrogens is 626 g/mol. The van der Waals surface area contributed by atoms with Crippen LogP contribution in [0.25, 0.3) is 0 Å². The molecule has 264 valence electrons. The smallest absolute Gasteiger partial charge is 0.416 e.